The van der Waals surface area contributed by atoms with E-state index >= 15 is 0 Å². The summed E-state index contributed by atoms with van der Waals surface area (Å²) in [6.45, 7) is -0.00828. The molecule has 0 fully saturated rings. The van der Waals surface area contributed by atoms with Gasteiger partial charge in [-0.25, -0.2) is 8.42 Å². The molecule has 4 aromatic rings. The number of anilines is 1. The molecule has 7 heteroatoms. The molecule has 160 valence electrons. The highest BCUT2D eigenvalue weighted by atomic mass is 32.2. The molecule has 0 amide bonds. The number of benzene rings is 3. The molecule has 0 atom stereocenters. The van der Waals surface area contributed by atoms with Crippen LogP contribution in [0.4, 0.5) is 5.69 Å². The lowest BCUT2D eigenvalue weighted by molar-refractivity contribution is 0.282. The molecule has 0 aliphatic carbocycles. The Bertz CT molecular complexity index is 1300. The van der Waals surface area contributed by atoms with E-state index in [-0.39, 0.29) is 13.2 Å². The van der Waals surface area contributed by atoms with Crippen LogP contribution in [0.2, 0.25) is 0 Å². The van der Waals surface area contributed by atoms with Gasteiger partial charge in [-0.2, -0.15) is 0 Å². The van der Waals surface area contributed by atoms with Crippen molar-refractivity contribution < 1.29 is 22.7 Å². The molecule has 6 nitrogen and oxygen atoms in total. The summed E-state index contributed by atoms with van der Waals surface area (Å²) in [5, 5.41) is 10.7. The van der Waals surface area contributed by atoms with E-state index < -0.39 is 10.0 Å². The van der Waals surface area contributed by atoms with Crippen molar-refractivity contribution in [3.8, 4) is 17.1 Å². The number of aliphatic hydroxyl groups excluding tert-OH is 1. The van der Waals surface area contributed by atoms with E-state index in [1.807, 2.05) is 42.5 Å². The summed E-state index contributed by atoms with van der Waals surface area (Å²) in [6, 6.07) is 22.0. The van der Waals surface area contributed by atoms with Crippen molar-refractivity contribution >= 4 is 26.7 Å². The van der Waals surface area contributed by atoms with Crippen LogP contribution in [0.25, 0.3) is 22.3 Å². The fraction of sp³-hybridized carbons (Fsp3) is 0.167. The molecule has 1 N–H and O–H groups in total. The first kappa shape index (κ1) is 21.0. The van der Waals surface area contributed by atoms with Crippen molar-refractivity contribution in [2.45, 2.75) is 13.2 Å². The molecule has 0 unspecified atom stereocenters. The van der Waals surface area contributed by atoms with Crippen molar-refractivity contribution in [2.75, 3.05) is 17.7 Å². The molecule has 1 aromatic heterocycles. The molecule has 0 aliphatic rings. The van der Waals surface area contributed by atoms with Crippen LogP contribution in [0, 0.1) is 0 Å². The maximum atomic E-state index is 12.6. The van der Waals surface area contributed by atoms with E-state index in [1.165, 1.54) is 10.6 Å². The van der Waals surface area contributed by atoms with E-state index in [1.54, 1.807) is 37.4 Å². The fourth-order valence-electron chi connectivity index (χ4n) is 3.57. The molecule has 0 saturated carbocycles. The van der Waals surface area contributed by atoms with Gasteiger partial charge < -0.3 is 14.3 Å². The third kappa shape index (κ3) is 4.28. The van der Waals surface area contributed by atoms with Crippen LogP contribution in [0.3, 0.4) is 0 Å². The van der Waals surface area contributed by atoms with Gasteiger partial charge in [-0.15, -0.1) is 0 Å². The number of nitrogens with zero attached hydrogens (tertiary/aromatic N) is 1. The Morgan fingerprint density at radius 2 is 1.71 bits per heavy atom. The van der Waals surface area contributed by atoms with Crippen LogP contribution in [-0.2, 0) is 23.2 Å². The summed E-state index contributed by atoms with van der Waals surface area (Å²) in [5.41, 5.74) is 3.36. The maximum absolute atomic E-state index is 12.6. The van der Waals surface area contributed by atoms with Crippen molar-refractivity contribution in [1.29, 1.82) is 0 Å². The van der Waals surface area contributed by atoms with Crippen LogP contribution in [0.5, 0.6) is 5.75 Å². The van der Waals surface area contributed by atoms with Crippen LogP contribution in [-0.4, -0.2) is 26.9 Å². The van der Waals surface area contributed by atoms with Gasteiger partial charge in [0.15, 0.2) is 0 Å². The number of hydrogen-bond donors (Lipinski definition) is 1. The van der Waals surface area contributed by atoms with Crippen LogP contribution >= 0.6 is 0 Å². The number of rotatable bonds is 7. The molecule has 31 heavy (non-hydrogen) atoms. The van der Waals surface area contributed by atoms with Gasteiger partial charge in [0.25, 0.3) is 0 Å². The molecule has 1 heterocycles. The Kier molecular flexibility index (Phi) is 5.71. The molecule has 3 aromatic carbocycles. The second kappa shape index (κ2) is 8.45. The minimum absolute atomic E-state index is 0.174. The molecule has 4 rings (SSSR count). The van der Waals surface area contributed by atoms with Gasteiger partial charge in [0.1, 0.15) is 17.1 Å². The lowest BCUT2D eigenvalue weighted by atomic mass is 10.1. The first-order valence-electron chi connectivity index (χ1n) is 9.73. The van der Waals surface area contributed by atoms with E-state index in [0.29, 0.717) is 28.3 Å². The van der Waals surface area contributed by atoms with Gasteiger partial charge >= 0.3 is 0 Å². The van der Waals surface area contributed by atoms with Crippen molar-refractivity contribution in [3.05, 3.63) is 83.9 Å². The maximum Gasteiger partial charge on any atom is 0.232 e. The number of hydrogen-bond acceptors (Lipinski definition) is 5. The zero-order chi connectivity index (χ0) is 22.0. The highest BCUT2D eigenvalue weighted by molar-refractivity contribution is 7.92. The quantitative estimate of drug-likeness (QED) is 0.458. The lowest BCUT2D eigenvalue weighted by Crippen LogP contribution is -2.29. The highest BCUT2D eigenvalue weighted by Crippen LogP contribution is 2.36. The smallest absolute Gasteiger partial charge is 0.232 e. The van der Waals surface area contributed by atoms with E-state index in [2.05, 4.69) is 0 Å². The summed E-state index contributed by atoms with van der Waals surface area (Å²) >= 11 is 0. The van der Waals surface area contributed by atoms with Crippen LogP contribution in [0.1, 0.15) is 11.1 Å². The topological polar surface area (TPSA) is 80.0 Å². The third-order valence-corrected chi connectivity index (χ3v) is 6.28. The Morgan fingerprint density at radius 1 is 1.00 bits per heavy atom. The minimum atomic E-state index is -3.55. The highest BCUT2D eigenvalue weighted by Gasteiger charge is 2.21. The van der Waals surface area contributed by atoms with E-state index in [9.17, 15) is 13.5 Å². The molecule has 0 aliphatic heterocycles. The molecule has 0 saturated heterocycles. The van der Waals surface area contributed by atoms with E-state index in [0.717, 1.165) is 16.5 Å². The number of ether oxygens (including phenoxy) is 1. The average molecular weight is 438 g/mol. The second-order valence-corrected chi connectivity index (χ2v) is 9.14. The molecule has 0 bridgehead atoms. The number of aliphatic hydroxyl groups is 1. The standard InChI is InChI=1S/C24H23NO5S/c1-29-20-11-8-17(9-12-20)15-25(31(2,27)28)19-10-13-21-22(16-26)24(30-23(21)14-19)18-6-4-3-5-7-18/h3-14,26H,15-16H2,1-2H3. The molecule has 0 radical (unpaired) electrons. The fourth-order valence-corrected chi connectivity index (χ4v) is 4.45. The normalized spacial score (nSPS) is 11.6. The number of fused-ring (bicyclic) bond motifs is 1. The summed E-state index contributed by atoms with van der Waals surface area (Å²) < 4.78 is 37.7. The van der Waals surface area contributed by atoms with Gasteiger partial charge in [-0.1, -0.05) is 42.5 Å². The van der Waals surface area contributed by atoms with Gasteiger partial charge in [-0.05, 0) is 29.8 Å². The van der Waals surface area contributed by atoms with Crippen LogP contribution < -0.4 is 9.04 Å². The molecule has 0 spiro atoms. The Hall–Kier alpha value is -3.29. The monoisotopic (exact) mass is 437 g/mol. The largest absolute Gasteiger partial charge is 0.497 e. The number of furan rings is 1. The van der Waals surface area contributed by atoms with Gasteiger partial charge in [0, 0.05) is 22.6 Å². The SMILES string of the molecule is COc1ccc(CN(c2ccc3c(CO)c(-c4ccccc4)oc3c2)S(C)(=O)=O)cc1. The molecular weight excluding hydrogens is 414 g/mol. The lowest BCUT2D eigenvalue weighted by Gasteiger charge is -2.22. The van der Waals surface area contributed by atoms with Crippen molar-refractivity contribution in [1.82, 2.24) is 0 Å². The van der Waals surface area contributed by atoms with E-state index in [4.69, 9.17) is 9.15 Å². The first-order valence-corrected chi connectivity index (χ1v) is 11.6. The minimum Gasteiger partial charge on any atom is -0.497 e. The average Bonchev–Trinajstić information content (AvgIpc) is 3.15. The summed E-state index contributed by atoms with van der Waals surface area (Å²) in [5.74, 6) is 1.29. The zero-order valence-corrected chi connectivity index (χ0v) is 18.1. The number of sulfonamides is 1. The van der Waals surface area contributed by atoms with Gasteiger partial charge in [0.2, 0.25) is 10.0 Å². The zero-order valence-electron chi connectivity index (χ0n) is 17.3. The Morgan fingerprint density at radius 3 is 2.32 bits per heavy atom. The van der Waals surface area contributed by atoms with Crippen LogP contribution in [0.15, 0.2) is 77.2 Å². The first-order chi connectivity index (χ1) is 14.9. The van der Waals surface area contributed by atoms with Crippen molar-refractivity contribution in [2.24, 2.45) is 0 Å². The molecular formula is C24H23NO5S. The second-order valence-electron chi connectivity index (χ2n) is 7.23. The van der Waals surface area contributed by atoms with Crippen molar-refractivity contribution in [3.63, 3.8) is 0 Å². The Balaban J connectivity index is 1.77. The predicted octanol–water partition coefficient (Wildman–Crippen LogP) is 4.57. The van der Waals surface area contributed by atoms with Gasteiger partial charge in [-0.3, -0.25) is 4.31 Å². The van der Waals surface area contributed by atoms with Gasteiger partial charge in [0.05, 0.1) is 32.2 Å². The summed E-state index contributed by atoms with van der Waals surface area (Å²) in [6.07, 6.45) is 1.18. The number of methoxy groups -OCH3 is 1. The predicted molar refractivity (Wildman–Crippen MR) is 122 cm³/mol. The third-order valence-electron chi connectivity index (χ3n) is 5.14. The summed E-state index contributed by atoms with van der Waals surface area (Å²) in [4.78, 5) is 0. The Labute approximate surface area is 181 Å². The summed E-state index contributed by atoms with van der Waals surface area (Å²) in [7, 11) is -1.97.